The molecule has 0 aliphatic carbocycles. The van der Waals surface area contributed by atoms with Crippen LogP contribution in [0, 0.1) is 0 Å². The Morgan fingerprint density at radius 1 is 0.941 bits per heavy atom. The maximum Gasteiger partial charge on any atom is 0.135 e. The average molecular weight is 250 g/mol. The number of hydrogen-bond acceptors (Lipinski definition) is 3. The highest BCUT2D eigenvalue weighted by Crippen LogP contribution is 2.37. The van der Waals surface area contributed by atoms with Crippen LogP contribution in [0.25, 0.3) is 0 Å². The molecule has 0 spiro atoms. The second-order valence-electron chi connectivity index (χ2n) is 6.78. The van der Waals surface area contributed by atoms with E-state index < -0.39 is 0 Å². The van der Waals surface area contributed by atoms with Gasteiger partial charge in [-0.2, -0.15) is 0 Å². The van der Waals surface area contributed by atoms with E-state index in [-0.39, 0.29) is 10.8 Å². The van der Waals surface area contributed by atoms with Crippen LogP contribution in [0.2, 0.25) is 0 Å². The summed E-state index contributed by atoms with van der Waals surface area (Å²) in [6.45, 7) is 13.3. The Bertz CT molecular complexity index is 439. The van der Waals surface area contributed by atoms with Gasteiger partial charge in [-0.25, -0.2) is 9.97 Å². The van der Waals surface area contributed by atoms with Crippen molar-refractivity contribution in [3.8, 4) is 0 Å². The topological polar surface area (TPSA) is 25.8 Å². The highest BCUT2D eigenvalue weighted by atomic mass is 32.2. The maximum absolute atomic E-state index is 4.86. The molecule has 2 heterocycles. The third kappa shape index (κ3) is 2.49. The van der Waals surface area contributed by atoms with Gasteiger partial charge in [-0.3, -0.25) is 0 Å². The van der Waals surface area contributed by atoms with Crippen LogP contribution in [0.3, 0.4) is 0 Å². The summed E-state index contributed by atoms with van der Waals surface area (Å²) in [6.07, 6.45) is 1.12. The molecule has 0 saturated carbocycles. The Kier molecular flexibility index (Phi) is 3.01. The Morgan fingerprint density at radius 2 is 1.59 bits per heavy atom. The summed E-state index contributed by atoms with van der Waals surface area (Å²) < 4.78 is 0. The van der Waals surface area contributed by atoms with E-state index >= 15 is 0 Å². The van der Waals surface area contributed by atoms with Gasteiger partial charge >= 0.3 is 0 Å². The van der Waals surface area contributed by atoms with Crippen molar-refractivity contribution >= 4 is 11.8 Å². The largest absolute Gasteiger partial charge is 0.236 e. The zero-order chi connectivity index (χ0) is 12.8. The number of rotatable bonds is 0. The normalized spacial score (nSPS) is 16.1. The predicted molar refractivity (Wildman–Crippen MR) is 73.9 cm³/mol. The van der Waals surface area contributed by atoms with Crippen molar-refractivity contribution in [3.05, 3.63) is 17.1 Å². The number of aromatic nitrogens is 2. The lowest BCUT2D eigenvalue weighted by Crippen LogP contribution is -2.23. The highest BCUT2D eigenvalue weighted by Gasteiger charge is 2.29. The van der Waals surface area contributed by atoms with E-state index in [2.05, 4.69) is 41.5 Å². The smallest absolute Gasteiger partial charge is 0.135 e. The number of nitrogens with zero attached hydrogens (tertiary/aromatic N) is 2. The third-order valence-electron chi connectivity index (χ3n) is 2.94. The lowest BCUT2D eigenvalue weighted by molar-refractivity contribution is 0.501. The summed E-state index contributed by atoms with van der Waals surface area (Å²) in [7, 11) is 0. The Labute approximate surface area is 109 Å². The van der Waals surface area contributed by atoms with Crippen molar-refractivity contribution in [3.63, 3.8) is 0 Å². The summed E-state index contributed by atoms with van der Waals surface area (Å²) in [5.74, 6) is 2.14. The van der Waals surface area contributed by atoms with E-state index in [9.17, 15) is 0 Å². The van der Waals surface area contributed by atoms with Crippen molar-refractivity contribution in [2.45, 2.75) is 63.8 Å². The first-order chi connectivity index (χ1) is 7.69. The molecule has 1 aromatic rings. The Hall–Kier alpha value is -0.570. The van der Waals surface area contributed by atoms with Crippen molar-refractivity contribution in [2.24, 2.45) is 0 Å². The molecule has 0 N–H and O–H groups in total. The predicted octanol–water partition coefficient (Wildman–Crippen LogP) is 3.72. The summed E-state index contributed by atoms with van der Waals surface area (Å²) >= 11 is 1.88. The third-order valence-corrected chi connectivity index (χ3v) is 3.96. The first kappa shape index (κ1) is 12.9. The van der Waals surface area contributed by atoms with Crippen LogP contribution in [0.4, 0.5) is 0 Å². The fourth-order valence-electron chi connectivity index (χ4n) is 2.01. The second-order valence-corrected chi connectivity index (χ2v) is 7.86. The van der Waals surface area contributed by atoms with Gasteiger partial charge in [-0.15, -0.1) is 11.8 Å². The quantitative estimate of drug-likeness (QED) is 0.656. The van der Waals surface area contributed by atoms with Gasteiger partial charge in [0.15, 0.2) is 0 Å². The first-order valence-electron chi connectivity index (χ1n) is 6.24. The van der Waals surface area contributed by atoms with E-state index in [1.165, 1.54) is 16.3 Å². The summed E-state index contributed by atoms with van der Waals surface area (Å²) in [5, 5.41) is 1.22. The van der Waals surface area contributed by atoms with Crippen LogP contribution in [0.1, 0.15) is 58.6 Å². The van der Waals surface area contributed by atoms with Gasteiger partial charge in [0.1, 0.15) is 10.9 Å². The van der Waals surface area contributed by atoms with Crippen molar-refractivity contribution in [1.82, 2.24) is 9.97 Å². The van der Waals surface area contributed by atoms with Crippen molar-refractivity contribution in [1.29, 1.82) is 0 Å². The second kappa shape index (κ2) is 3.98. The fourth-order valence-corrected chi connectivity index (χ4v) is 3.04. The summed E-state index contributed by atoms with van der Waals surface area (Å²) in [5.41, 5.74) is 2.77. The van der Waals surface area contributed by atoms with Gasteiger partial charge in [0.25, 0.3) is 0 Å². The summed E-state index contributed by atoms with van der Waals surface area (Å²) in [6, 6.07) is 0. The Balaban J connectivity index is 2.62. The molecule has 17 heavy (non-hydrogen) atoms. The molecular weight excluding hydrogens is 228 g/mol. The van der Waals surface area contributed by atoms with Crippen molar-refractivity contribution < 1.29 is 0 Å². The van der Waals surface area contributed by atoms with Gasteiger partial charge in [0, 0.05) is 22.1 Å². The lowest BCUT2D eigenvalue weighted by atomic mass is 9.87. The number of thioether (sulfide) groups is 1. The minimum atomic E-state index is 0.0260. The molecule has 1 aromatic heterocycles. The fraction of sp³-hybridized carbons (Fsp3) is 0.714. The van der Waals surface area contributed by atoms with E-state index in [0.717, 1.165) is 18.0 Å². The molecule has 0 aromatic carbocycles. The molecule has 94 valence electrons. The number of fused-ring (bicyclic) bond motifs is 1. The number of hydrogen-bond donors (Lipinski definition) is 0. The van der Waals surface area contributed by atoms with E-state index in [1.807, 2.05) is 11.8 Å². The molecule has 0 radical (unpaired) electrons. The molecule has 2 nitrogen and oxygen atoms in total. The van der Waals surface area contributed by atoms with E-state index in [4.69, 9.17) is 9.97 Å². The van der Waals surface area contributed by atoms with Crippen LogP contribution < -0.4 is 0 Å². The van der Waals surface area contributed by atoms with Crippen LogP contribution in [-0.2, 0) is 17.3 Å². The van der Waals surface area contributed by atoms with Gasteiger partial charge in [0.05, 0.1) is 5.69 Å². The molecule has 0 saturated heterocycles. The molecule has 0 bridgehead atoms. The maximum atomic E-state index is 4.86. The minimum Gasteiger partial charge on any atom is -0.236 e. The van der Waals surface area contributed by atoms with Crippen molar-refractivity contribution in [2.75, 3.05) is 5.75 Å². The monoisotopic (exact) mass is 250 g/mol. The molecule has 0 fully saturated rings. The van der Waals surface area contributed by atoms with E-state index in [0.29, 0.717) is 0 Å². The summed E-state index contributed by atoms with van der Waals surface area (Å²) in [4.78, 5) is 9.61. The SMILES string of the molecule is CC(C)(C)c1nc2c(c(C(C)(C)C)n1)CCS2. The molecular formula is C14H22N2S. The molecule has 2 rings (SSSR count). The molecule has 0 amide bonds. The van der Waals surface area contributed by atoms with Crippen LogP contribution in [-0.4, -0.2) is 15.7 Å². The van der Waals surface area contributed by atoms with Gasteiger partial charge in [-0.1, -0.05) is 41.5 Å². The lowest BCUT2D eigenvalue weighted by Gasteiger charge is -2.25. The zero-order valence-electron chi connectivity index (χ0n) is 11.7. The molecule has 0 unspecified atom stereocenters. The molecule has 1 aliphatic heterocycles. The van der Waals surface area contributed by atoms with Gasteiger partial charge in [-0.05, 0) is 6.42 Å². The Morgan fingerprint density at radius 3 is 2.12 bits per heavy atom. The van der Waals surface area contributed by atoms with E-state index in [1.54, 1.807) is 0 Å². The first-order valence-corrected chi connectivity index (χ1v) is 7.23. The van der Waals surface area contributed by atoms with Crippen LogP contribution in [0.5, 0.6) is 0 Å². The standard InChI is InChI=1S/C14H22N2S/c1-13(2,3)10-9-7-8-17-11(9)16-12(15-10)14(4,5)6/h7-8H2,1-6H3. The van der Waals surface area contributed by atoms with Crippen LogP contribution >= 0.6 is 11.8 Å². The van der Waals surface area contributed by atoms with Crippen LogP contribution in [0.15, 0.2) is 5.03 Å². The molecule has 1 aliphatic rings. The highest BCUT2D eigenvalue weighted by molar-refractivity contribution is 7.99. The van der Waals surface area contributed by atoms with Gasteiger partial charge in [0.2, 0.25) is 0 Å². The minimum absolute atomic E-state index is 0.0260. The van der Waals surface area contributed by atoms with Gasteiger partial charge < -0.3 is 0 Å². The molecule has 3 heteroatoms. The zero-order valence-corrected chi connectivity index (χ0v) is 12.5. The molecule has 0 atom stereocenters. The average Bonchev–Trinajstić information content (AvgIpc) is 2.59.